The van der Waals surface area contributed by atoms with E-state index in [1.54, 1.807) is 11.6 Å². The molecule has 1 aromatic heterocycles. The maximum atomic E-state index is 13.5. The highest BCUT2D eigenvalue weighted by Gasteiger charge is 2.15. The second kappa shape index (κ2) is 10.1. The Morgan fingerprint density at radius 2 is 1.97 bits per heavy atom. The Kier molecular flexibility index (Phi) is 7.83. The number of hydrogen-bond acceptors (Lipinski definition) is 3. The van der Waals surface area contributed by atoms with Gasteiger partial charge in [0.2, 0.25) is 11.8 Å². The fourth-order valence-electron chi connectivity index (χ4n) is 2.41. The first-order valence-electron chi connectivity index (χ1n) is 8.86. The molecule has 0 aliphatic carbocycles. The van der Waals surface area contributed by atoms with E-state index in [-0.39, 0.29) is 0 Å². The maximum Gasteiger partial charge on any atom is 0.244 e. The van der Waals surface area contributed by atoms with Crippen LogP contribution in [-0.2, 0) is 16.1 Å². The monoisotopic (exact) mass is 428 g/mol. The molecule has 0 saturated heterocycles. The maximum absolute atomic E-state index is 13.5. The third-order valence-corrected chi connectivity index (χ3v) is 4.37. The molecule has 0 spiro atoms. The highest BCUT2D eigenvalue weighted by atomic mass is 35.5. The van der Waals surface area contributed by atoms with Gasteiger partial charge in [0, 0.05) is 18.2 Å². The summed E-state index contributed by atoms with van der Waals surface area (Å²) in [5.41, 5.74) is 0.716. The number of nitrogens with zero attached hydrogens (tertiary/aromatic N) is 2. The van der Waals surface area contributed by atoms with Crippen LogP contribution in [0.4, 0.5) is 18.9 Å². The molecule has 0 atom stereocenters. The van der Waals surface area contributed by atoms with Gasteiger partial charge in [-0.2, -0.15) is 5.10 Å². The van der Waals surface area contributed by atoms with E-state index in [4.69, 9.17) is 11.6 Å². The van der Waals surface area contributed by atoms with Gasteiger partial charge in [-0.1, -0.05) is 24.9 Å². The molecule has 0 saturated carbocycles. The summed E-state index contributed by atoms with van der Waals surface area (Å²) < 4.78 is 41.2. The summed E-state index contributed by atoms with van der Waals surface area (Å²) in [6.07, 6.45) is 4.57. The summed E-state index contributed by atoms with van der Waals surface area (Å²) in [7, 11) is 0. The van der Waals surface area contributed by atoms with Gasteiger partial charge in [0.15, 0.2) is 17.5 Å². The number of amides is 2. The smallest absolute Gasteiger partial charge is 0.244 e. The van der Waals surface area contributed by atoms with Crippen LogP contribution in [0.1, 0.15) is 31.0 Å². The first-order valence-corrected chi connectivity index (χ1v) is 9.24. The summed E-state index contributed by atoms with van der Waals surface area (Å²) in [5, 5.41) is 9.08. The van der Waals surface area contributed by atoms with Gasteiger partial charge in [0.1, 0.15) is 5.15 Å². The molecular formula is C19H20ClF3N4O2. The molecule has 6 nitrogen and oxygen atoms in total. The lowest BCUT2D eigenvalue weighted by Crippen LogP contribution is -2.32. The summed E-state index contributed by atoms with van der Waals surface area (Å²) in [6, 6.07) is 1.57. The zero-order valence-electron chi connectivity index (χ0n) is 15.9. The van der Waals surface area contributed by atoms with Gasteiger partial charge in [-0.15, -0.1) is 0 Å². The molecule has 2 aromatic rings. The fraction of sp³-hybridized carbons (Fsp3) is 0.316. The van der Waals surface area contributed by atoms with Crippen molar-refractivity contribution >= 4 is 35.2 Å². The molecule has 0 aliphatic rings. The average molecular weight is 429 g/mol. The number of halogens is 4. The van der Waals surface area contributed by atoms with Crippen LogP contribution in [0.15, 0.2) is 18.2 Å². The predicted octanol–water partition coefficient (Wildman–Crippen LogP) is 3.83. The van der Waals surface area contributed by atoms with E-state index >= 15 is 0 Å². The number of nitrogens with one attached hydrogen (secondary N) is 2. The number of carbonyl (C=O) groups excluding carboxylic acids is 2. The number of rotatable bonds is 8. The highest BCUT2D eigenvalue weighted by molar-refractivity contribution is 6.31. The number of carbonyl (C=O) groups is 2. The van der Waals surface area contributed by atoms with Gasteiger partial charge < -0.3 is 10.6 Å². The Morgan fingerprint density at radius 1 is 1.24 bits per heavy atom. The van der Waals surface area contributed by atoms with Gasteiger partial charge in [0.25, 0.3) is 0 Å². The molecule has 2 N–H and O–H groups in total. The minimum Gasteiger partial charge on any atom is -0.343 e. The minimum absolute atomic E-state index is 0.409. The largest absolute Gasteiger partial charge is 0.343 e. The highest BCUT2D eigenvalue weighted by Crippen LogP contribution is 2.22. The lowest BCUT2D eigenvalue weighted by Gasteiger charge is -2.07. The van der Waals surface area contributed by atoms with E-state index in [9.17, 15) is 22.8 Å². The molecular weight excluding hydrogens is 409 g/mol. The summed E-state index contributed by atoms with van der Waals surface area (Å²) in [4.78, 5) is 23.7. The van der Waals surface area contributed by atoms with E-state index in [0.29, 0.717) is 29.0 Å². The van der Waals surface area contributed by atoms with Gasteiger partial charge in [-0.05, 0) is 31.6 Å². The first kappa shape index (κ1) is 22.5. The zero-order valence-corrected chi connectivity index (χ0v) is 16.6. The molecule has 29 heavy (non-hydrogen) atoms. The topological polar surface area (TPSA) is 76.0 Å². The Labute approximate surface area is 170 Å². The lowest BCUT2D eigenvalue weighted by atomic mass is 10.2. The summed E-state index contributed by atoms with van der Waals surface area (Å²) >= 11 is 6.27. The SMILES string of the molecule is CCCCn1nc(C)c(/C=C/C(=O)NCC(=O)Nc2ccc(F)c(F)c2F)c1Cl. The Balaban J connectivity index is 1.92. The lowest BCUT2D eigenvalue weighted by molar-refractivity contribution is -0.121. The predicted molar refractivity (Wildman–Crippen MR) is 104 cm³/mol. The molecule has 1 heterocycles. The number of anilines is 1. The third-order valence-electron chi connectivity index (χ3n) is 3.97. The van der Waals surface area contributed by atoms with Gasteiger partial charge >= 0.3 is 0 Å². The minimum atomic E-state index is -1.69. The van der Waals surface area contributed by atoms with Crippen LogP contribution in [0.25, 0.3) is 6.08 Å². The first-order chi connectivity index (χ1) is 13.7. The van der Waals surface area contributed by atoms with Crippen LogP contribution in [-0.4, -0.2) is 28.1 Å². The molecule has 0 aliphatic heterocycles. The second-order valence-electron chi connectivity index (χ2n) is 6.19. The van der Waals surface area contributed by atoms with Crippen LogP contribution in [0, 0.1) is 24.4 Å². The molecule has 2 rings (SSSR count). The van der Waals surface area contributed by atoms with Crippen LogP contribution in [0.2, 0.25) is 5.15 Å². The quantitative estimate of drug-likeness (QED) is 0.495. The van der Waals surface area contributed by atoms with E-state index in [2.05, 4.69) is 15.7 Å². The molecule has 156 valence electrons. The molecule has 0 radical (unpaired) electrons. The van der Waals surface area contributed by atoms with Crippen molar-refractivity contribution < 1.29 is 22.8 Å². The number of hydrogen-bond donors (Lipinski definition) is 2. The number of benzene rings is 1. The van der Waals surface area contributed by atoms with Crippen molar-refractivity contribution in [1.29, 1.82) is 0 Å². The summed E-state index contributed by atoms with van der Waals surface area (Å²) in [5.74, 6) is -5.98. The number of aromatic nitrogens is 2. The fourth-order valence-corrected chi connectivity index (χ4v) is 2.74. The van der Waals surface area contributed by atoms with Gasteiger partial charge in [0.05, 0.1) is 17.9 Å². The van der Waals surface area contributed by atoms with E-state index in [1.165, 1.54) is 12.2 Å². The van der Waals surface area contributed by atoms with Crippen molar-refractivity contribution in [3.63, 3.8) is 0 Å². The van der Waals surface area contributed by atoms with Crippen LogP contribution in [0.5, 0.6) is 0 Å². The van der Waals surface area contributed by atoms with Crippen molar-refractivity contribution in [3.05, 3.63) is 52.1 Å². The third kappa shape index (κ3) is 5.83. The van der Waals surface area contributed by atoms with E-state index in [1.807, 2.05) is 6.92 Å². The van der Waals surface area contributed by atoms with Gasteiger partial charge in [-0.3, -0.25) is 14.3 Å². The molecule has 2 amide bonds. The Hall–Kier alpha value is -2.81. The van der Waals surface area contributed by atoms with Crippen LogP contribution < -0.4 is 10.6 Å². The van der Waals surface area contributed by atoms with E-state index in [0.717, 1.165) is 18.9 Å². The number of unbranched alkanes of at least 4 members (excludes halogenated alkanes) is 1. The van der Waals surface area contributed by atoms with Crippen LogP contribution >= 0.6 is 11.6 Å². The zero-order chi connectivity index (χ0) is 21.6. The van der Waals surface area contributed by atoms with Crippen molar-refractivity contribution in [1.82, 2.24) is 15.1 Å². The van der Waals surface area contributed by atoms with Crippen molar-refractivity contribution in [2.24, 2.45) is 0 Å². The summed E-state index contributed by atoms with van der Waals surface area (Å²) in [6.45, 7) is 3.98. The molecule has 0 fully saturated rings. The van der Waals surface area contributed by atoms with E-state index < -0.39 is 41.5 Å². The average Bonchev–Trinajstić information content (AvgIpc) is 2.96. The Bertz CT molecular complexity index is 944. The Morgan fingerprint density at radius 3 is 2.66 bits per heavy atom. The molecule has 0 bridgehead atoms. The van der Waals surface area contributed by atoms with Crippen molar-refractivity contribution in [2.75, 3.05) is 11.9 Å². The molecule has 0 unspecified atom stereocenters. The number of aryl methyl sites for hydroxylation is 2. The normalized spacial score (nSPS) is 11.1. The van der Waals surface area contributed by atoms with Crippen molar-refractivity contribution in [2.45, 2.75) is 33.2 Å². The van der Waals surface area contributed by atoms with Gasteiger partial charge in [-0.25, -0.2) is 13.2 Å². The van der Waals surface area contributed by atoms with Crippen molar-refractivity contribution in [3.8, 4) is 0 Å². The van der Waals surface area contributed by atoms with Crippen LogP contribution in [0.3, 0.4) is 0 Å². The standard InChI is InChI=1S/C19H20ClF3N4O2/c1-3-4-9-27-19(20)12(11(2)26-27)5-8-15(28)24-10-16(29)25-14-7-6-13(21)17(22)18(14)23/h5-8H,3-4,9-10H2,1-2H3,(H,24,28)(H,25,29)/b8-5+. The second-order valence-corrected chi connectivity index (χ2v) is 6.55. The molecule has 10 heteroatoms. The molecule has 1 aromatic carbocycles.